The minimum atomic E-state index is -0.189. The van der Waals surface area contributed by atoms with Crippen LogP contribution < -0.4 is 10.1 Å². The Labute approximate surface area is 160 Å². The standard InChI is InChI=1S/C17H8Cl3N3OS/c18-11-3-1-2-10(8-11)15-21-22-17-23(15)16(24)14(25-17)7-9-4-5-12(19)13(20)6-9/h1-8H. The summed E-state index contributed by atoms with van der Waals surface area (Å²) in [6, 6.07) is 12.3. The van der Waals surface area contributed by atoms with Crippen LogP contribution in [0.3, 0.4) is 0 Å². The number of rotatable bonds is 2. The summed E-state index contributed by atoms with van der Waals surface area (Å²) in [5.41, 5.74) is 1.33. The molecule has 4 nitrogen and oxygen atoms in total. The van der Waals surface area contributed by atoms with E-state index in [2.05, 4.69) is 10.2 Å². The molecule has 2 aromatic heterocycles. The zero-order chi connectivity index (χ0) is 17.6. The fourth-order valence-electron chi connectivity index (χ4n) is 2.43. The van der Waals surface area contributed by atoms with E-state index in [-0.39, 0.29) is 5.56 Å². The maximum atomic E-state index is 12.8. The minimum absolute atomic E-state index is 0.189. The molecule has 0 aliphatic heterocycles. The Morgan fingerprint density at radius 3 is 2.60 bits per heavy atom. The number of thiazole rings is 1. The van der Waals surface area contributed by atoms with Crippen LogP contribution in [-0.2, 0) is 0 Å². The average Bonchev–Trinajstić information content (AvgIpc) is 3.12. The molecular formula is C17H8Cl3N3OS. The highest BCUT2D eigenvalue weighted by atomic mass is 35.5. The predicted molar refractivity (Wildman–Crippen MR) is 103 cm³/mol. The van der Waals surface area contributed by atoms with Crippen LogP contribution in [-0.4, -0.2) is 14.6 Å². The monoisotopic (exact) mass is 407 g/mol. The van der Waals surface area contributed by atoms with Crippen LogP contribution in [0.25, 0.3) is 22.4 Å². The second-order valence-electron chi connectivity index (χ2n) is 5.24. The molecule has 0 spiro atoms. The van der Waals surface area contributed by atoms with Gasteiger partial charge in [-0.25, -0.2) is 4.40 Å². The van der Waals surface area contributed by atoms with Gasteiger partial charge in [-0.2, -0.15) is 0 Å². The van der Waals surface area contributed by atoms with E-state index >= 15 is 0 Å². The lowest BCUT2D eigenvalue weighted by Crippen LogP contribution is -2.23. The predicted octanol–water partition coefficient (Wildman–Crippen LogP) is 4.33. The van der Waals surface area contributed by atoms with E-state index in [0.29, 0.717) is 30.4 Å². The molecule has 0 bridgehead atoms. The second-order valence-corrected chi connectivity index (χ2v) is 7.50. The molecule has 2 aromatic carbocycles. The van der Waals surface area contributed by atoms with Gasteiger partial charge in [-0.05, 0) is 35.9 Å². The van der Waals surface area contributed by atoms with Gasteiger partial charge in [0.05, 0.1) is 14.6 Å². The lowest BCUT2D eigenvalue weighted by atomic mass is 10.2. The Morgan fingerprint density at radius 1 is 1.00 bits per heavy atom. The van der Waals surface area contributed by atoms with Crippen LogP contribution in [0.15, 0.2) is 47.3 Å². The molecule has 4 aromatic rings. The van der Waals surface area contributed by atoms with E-state index in [0.717, 1.165) is 11.1 Å². The molecule has 0 aliphatic rings. The highest BCUT2D eigenvalue weighted by molar-refractivity contribution is 7.15. The Hall–Kier alpha value is -1.92. The van der Waals surface area contributed by atoms with Crippen LogP contribution in [0.1, 0.15) is 5.56 Å². The van der Waals surface area contributed by atoms with Gasteiger partial charge in [-0.15, -0.1) is 10.2 Å². The molecule has 0 atom stereocenters. The van der Waals surface area contributed by atoms with Crippen molar-refractivity contribution in [2.45, 2.75) is 0 Å². The molecule has 0 saturated heterocycles. The van der Waals surface area contributed by atoms with E-state index in [1.807, 2.05) is 6.07 Å². The normalized spacial score (nSPS) is 12.2. The number of nitrogens with zero attached hydrogens (tertiary/aromatic N) is 3. The molecule has 0 fully saturated rings. The number of fused-ring (bicyclic) bond motifs is 1. The first-order chi connectivity index (χ1) is 12.0. The van der Waals surface area contributed by atoms with E-state index in [1.54, 1.807) is 42.5 Å². The van der Waals surface area contributed by atoms with Gasteiger partial charge in [-0.3, -0.25) is 4.79 Å². The molecule has 0 amide bonds. The molecule has 0 saturated carbocycles. The maximum absolute atomic E-state index is 12.8. The molecule has 4 rings (SSSR count). The molecule has 0 unspecified atom stereocenters. The first-order valence-electron chi connectivity index (χ1n) is 7.13. The Morgan fingerprint density at radius 2 is 1.84 bits per heavy atom. The van der Waals surface area contributed by atoms with Gasteiger partial charge in [-0.1, -0.05) is 64.3 Å². The number of benzene rings is 2. The van der Waals surface area contributed by atoms with Crippen molar-refractivity contribution < 1.29 is 0 Å². The van der Waals surface area contributed by atoms with Crippen molar-refractivity contribution in [2.24, 2.45) is 0 Å². The zero-order valence-corrected chi connectivity index (χ0v) is 15.5. The largest absolute Gasteiger partial charge is 0.276 e. The summed E-state index contributed by atoms with van der Waals surface area (Å²) in [4.78, 5) is 13.3. The number of aromatic nitrogens is 3. The van der Waals surface area contributed by atoms with Crippen molar-refractivity contribution in [1.82, 2.24) is 14.6 Å². The second kappa shape index (κ2) is 6.42. The zero-order valence-electron chi connectivity index (χ0n) is 12.4. The molecule has 25 heavy (non-hydrogen) atoms. The van der Waals surface area contributed by atoms with Gasteiger partial charge in [0.2, 0.25) is 4.96 Å². The summed E-state index contributed by atoms with van der Waals surface area (Å²) < 4.78 is 2.02. The summed E-state index contributed by atoms with van der Waals surface area (Å²) in [5, 5.41) is 9.69. The summed E-state index contributed by atoms with van der Waals surface area (Å²) in [7, 11) is 0. The Balaban J connectivity index is 1.91. The lowest BCUT2D eigenvalue weighted by Gasteiger charge is -1.97. The first kappa shape index (κ1) is 16.5. The lowest BCUT2D eigenvalue weighted by molar-refractivity contribution is 1.09. The van der Waals surface area contributed by atoms with Gasteiger partial charge in [0, 0.05) is 10.6 Å². The highest BCUT2D eigenvalue weighted by Gasteiger charge is 2.14. The Kier molecular flexibility index (Phi) is 4.25. The highest BCUT2D eigenvalue weighted by Crippen LogP contribution is 2.23. The third-order valence-electron chi connectivity index (χ3n) is 3.57. The van der Waals surface area contributed by atoms with Crippen molar-refractivity contribution in [3.63, 3.8) is 0 Å². The smallest absolute Gasteiger partial charge is 0.267 e. The molecule has 2 heterocycles. The quantitative estimate of drug-likeness (QED) is 0.496. The van der Waals surface area contributed by atoms with Crippen molar-refractivity contribution in [3.8, 4) is 11.4 Å². The summed E-state index contributed by atoms with van der Waals surface area (Å²) in [6.45, 7) is 0. The van der Waals surface area contributed by atoms with E-state index in [4.69, 9.17) is 34.8 Å². The SMILES string of the molecule is O=c1c(=Cc2ccc(Cl)c(Cl)c2)sc2nnc(-c3cccc(Cl)c3)n12. The van der Waals surface area contributed by atoms with Crippen molar-refractivity contribution >= 4 is 57.2 Å². The number of hydrogen-bond donors (Lipinski definition) is 0. The van der Waals surface area contributed by atoms with Crippen LogP contribution in [0, 0.1) is 0 Å². The van der Waals surface area contributed by atoms with Crippen LogP contribution in [0.2, 0.25) is 15.1 Å². The van der Waals surface area contributed by atoms with Gasteiger partial charge in [0.15, 0.2) is 5.82 Å². The molecule has 8 heteroatoms. The molecule has 0 radical (unpaired) electrons. The third kappa shape index (κ3) is 3.04. The average molecular weight is 409 g/mol. The number of halogens is 3. The minimum Gasteiger partial charge on any atom is -0.267 e. The molecule has 0 aliphatic carbocycles. The maximum Gasteiger partial charge on any atom is 0.276 e. The van der Waals surface area contributed by atoms with E-state index in [9.17, 15) is 4.79 Å². The van der Waals surface area contributed by atoms with Gasteiger partial charge in [0.1, 0.15) is 0 Å². The number of hydrogen-bond acceptors (Lipinski definition) is 4. The van der Waals surface area contributed by atoms with Crippen LogP contribution >= 0.6 is 46.1 Å². The third-order valence-corrected chi connectivity index (χ3v) is 5.51. The van der Waals surface area contributed by atoms with Crippen molar-refractivity contribution in [1.29, 1.82) is 0 Å². The first-order valence-corrected chi connectivity index (χ1v) is 9.08. The van der Waals surface area contributed by atoms with Crippen molar-refractivity contribution in [2.75, 3.05) is 0 Å². The Bertz CT molecular complexity index is 1220. The van der Waals surface area contributed by atoms with Gasteiger partial charge < -0.3 is 0 Å². The van der Waals surface area contributed by atoms with Crippen LogP contribution in [0.4, 0.5) is 0 Å². The van der Waals surface area contributed by atoms with Gasteiger partial charge >= 0.3 is 0 Å². The topological polar surface area (TPSA) is 47.3 Å². The summed E-state index contributed by atoms with van der Waals surface area (Å²) >= 11 is 19.2. The van der Waals surface area contributed by atoms with Gasteiger partial charge in [0.25, 0.3) is 5.56 Å². The fraction of sp³-hybridized carbons (Fsp3) is 0. The van der Waals surface area contributed by atoms with E-state index in [1.165, 1.54) is 15.7 Å². The summed E-state index contributed by atoms with van der Waals surface area (Å²) in [6.07, 6.45) is 1.76. The molecule has 0 N–H and O–H groups in total. The van der Waals surface area contributed by atoms with Crippen molar-refractivity contribution in [3.05, 3.63) is 78.0 Å². The van der Waals surface area contributed by atoms with Crippen LogP contribution in [0.5, 0.6) is 0 Å². The fourth-order valence-corrected chi connectivity index (χ4v) is 3.84. The molecule has 124 valence electrons. The van der Waals surface area contributed by atoms with E-state index < -0.39 is 0 Å². The summed E-state index contributed by atoms with van der Waals surface area (Å²) in [5.74, 6) is 0.465. The molecular weight excluding hydrogens is 401 g/mol.